The van der Waals surface area contributed by atoms with E-state index < -0.39 is 217 Å². The molecular formula is C80H129F3N24O22S. The highest BCUT2D eigenvalue weighted by Gasteiger charge is 2.45. The van der Waals surface area contributed by atoms with Crippen LogP contribution >= 0.6 is 12.6 Å². The molecule has 0 radical (unpaired) electrons. The number of halogens is 3. The van der Waals surface area contributed by atoms with E-state index in [9.17, 15) is 106 Å². The van der Waals surface area contributed by atoms with Crippen LogP contribution in [-0.2, 0) is 89.6 Å². The number of unbranched alkanes of at least 4 members (excludes halogenated alkanes) is 2. The van der Waals surface area contributed by atoms with Crippen LogP contribution in [-0.4, -0.2) is 314 Å². The maximum Gasteiger partial charge on any atom is 0.490 e. The standard InChI is InChI=1S/C78H128N24O20S.C2HF3O2/c1-41(2)35-53(69(115)91-52(22-14-32-88-78(85)86)67(113)97-56(38-103)71(117)92-49(19-9-11-29-79)66(112)90-50(20-10-12-30-80)68(114)99-60(43(4)105)62(82)108)95-73(119)58-23-16-34-102(58)76(122)61(44(5)106)100-74(120)59-24-15-33-101(59)75(121)55(37-46-25-27-47(107)28-26-46)96-63(109)42(3)89-65(111)51(21-13-31-87-77(83)84)93-72(118)57(39-104)98-70(116)54(94-64(110)48(81)40-123)36-45-17-7-6-8-18-45;3-2(4,5)1(6)7/h6-8,17-18,25-28,41-44,48-61,103-107,123H,9-16,19-24,29-40,79-81H2,1-5H3,(H2,82,108)(H,89,111)(H,90,112)(H,91,115)(H,92,117)(H,93,118)(H,94,110)(H,95,119)(H,96,109)(H,97,113)(H,98,116)(H,99,114)(H,100,120)(H4,83,84,87)(H4,85,86,88);(H,6,7)/t42-,43+,44+,48-,49-,50-,51-,52-,53-,54-,55+,56-,57-,58-,59-,60-,61-;/m0./s1. The summed E-state index contributed by atoms with van der Waals surface area (Å²) in [6.07, 6.45) is -7.04. The Labute approximate surface area is 754 Å². The van der Waals surface area contributed by atoms with Gasteiger partial charge in [-0.05, 0) is 159 Å². The molecule has 2 saturated heterocycles. The number of aliphatic imine (C=N–C) groups is 2. The molecule has 728 valence electrons. The van der Waals surface area contributed by atoms with Gasteiger partial charge in [-0.25, -0.2) is 4.79 Å². The zero-order valence-corrected chi connectivity index (χ0v) is 74.1. The number of aliphatic hydroxyl groups is 4. The second-order valence-corrected chi connectivity index (χ2v) is 32.0. The third kappa shape index (κ3) is 39.2. The Morgan fingerprint density at radius 2 is 0.831 bits per heavy atom. The number of aliphatic hydroxyl groups excluding tert-OH is 4. The fourth-order valence-corrected chi connectivity index (χ4v) is 13.7. The smallest absolute Gasteiger partial charge is 0.490 e. The van der Waals surface area contributed by atoms with Gasteiger partial charge in [0.2, 0.25) is 88.6 Å². The first kappa shape index (κ1) is 112. The van der Waals surface area contributed by atoms with Crippen molar-refractivity contribution in [3.63, 3.8) is 0 Å². The van der Waals surface area contributed by atoms with Crippen LogP contribution in [0.4, 0.5) is 13.2 Å². The second kappa shape index (κ2) is 57.3. The number of benzene rings is 2. The molecule has 46 nitrogen and oxygen atoms in total. The SMILES string of the molecule is CC(C)C[C@H](NC(=O)[C@@H]1CCCN1C(=O)[C@@H](NC(=O)[C@@H]1CCCN1C(=O)[C@@H](Cc1ccc(O)cc1)NC(=O)[C@H](C)NC(=O)[C@H](CCCN=C(N)N)NC(=O)[C@H](CO)NC(=O)[C@H](Cc1ccccc1)NC(=O)[C@@H](N)CS)[C@@H](C)O)C(=O)N[C@@H](CCCN=C(N)N)C(=O)N[C@@H](CO)C(=O)N[C@@H](CCCCN)C(=O)N[C@@H](CCCCN)C(=O)N[C@H](C(N)=O)[C@@H](C)O.O=C(O)C(F)(F)F. The van der Waals surface area contributed by atoms with Crippen LogP contribution in [0.1, 0.15) is 142 Å². The number of rotatable bonds is 54. The van der Waals surface area contributed by atoms with Crippen LogP contribution in [0.5, 0.6) is 5.75 Å². The predicted octanol–water partition coefficient (Wildman–Crippen LogP) is -8.47. The number of thiol groups is 1. The number of hydrogen-bond donors (Lipinski definition) is 27. The van der Waals surface area contributed by atoms with Gasteiger partial charge in [-0.1, -0.05) is 56.3 Å². The molecule has 15 amide bonds. The number of carbonyl (C=O) groups excluding carboxylic acids is 15. The third-order valence-electron chi connectivity index (χ3n) is 20.5. The number of guanidine groups is 2. The molecule has 0 aliphatic carbocycles. The normalized spacial score (nSPS) is 17.0. The van der Waals surface area contributed by atoms with Crippen LogP contribution in [0, 0.1) is 5.92 Å². The van der Waals surface area contributed by atoms with E-state index in [-0.39, 0.29) is 158 Å². The van der Waals surface area contributed by atoms with Crippen LogP contribution in [0.15, 0.2) is 64.6 Å². The van der Waals surface area contributed by atoms with Gasteiger partial charge in [-0.2, -0.15) is 25.8 Å². The number of phenolic OH excluding ortho intramolecular Hbond substituents is 1. The molecule has 17 atom stereocenters. The summed E-state index contributed by atoms with van der Waals surface area (Å²) in [6, 6.07) is -7.96. The van der Waals surface area contributed by atoms with Crippen molar-refractivity contribution in [1.29, 1.82) is 0 Å². The lowest BCUT2D eigenvalue weighted by Gasteiger charge is -2.33. The number of nitrogens with zero attached hydrogens (tertiary/aromatic N) is 4. The number of carboxylic acid groups (broad SMARTS) is 1. The van der Waals surface area contributed by atoms with Crippen molar-refractivity contribution in [1.82, 2.24) is 73.6 Å². The van der Waals surface area contributed by atoms with Gasteiger partial charge in [0.25, 0.3) is 0 Å². The average Bonchev–Trinajstić information content (AvgIpc) is 1.65. The summed E-state index contributed by atoms with van der Waals surface area (Å²) in [4.78, 5) is 230. The van der Waals surface area contributed by atoms with E-state index in [4.69, 9.17) is 55.8 Å². The monoisotopic (exact) mass is 1870 g/mol. The Bertz CT molecular complexity index is 4140. The van der Waals surface area contributed by atoms with Gasteiger partial charge in [0.05, 0.1) is 31.5 Å². The maximum atomic E-state index is 15.0. The van der Waals surface area contributed by atoms with Gasteiger partial charge in [0, 0.05) is 44.8 Å². The molecule has 2 aliphatic heterocycles. The zero-order chi connectivity index (χ0) is 97.8. The number of carboxylic acids is 1. The maximum absolute atomic E-state index is 15.0. The highest BCUT2D eigenvalue weighted by molar-refractivity contribution is 7.80. The molecule has 0 unspecified atom stereocenters. The number of aliphatic carboxylic acids is 1. The van der Waals surface area contributed by atoms with Crippen molar-refractivity contribution in [3.8, 4) is 5.75 Å². The van der Waals surface area contributed by atoms with Crippen molar-refractivity contribution < 1.29 is 121 Å². The first-order valence-electron chi connectivity index (χ1n) is 42.4. The number of carbonyl (C=O) groups is 16. The zero-order valence-electron chi connectivity index (χ0n) is 73.2. The van der Waals surface area contributed by atoms with Crippen LogP contribution < -0.4 is 110 Å². The van der Waals surface area contributed by atoms with E-state index in [2.05, 4.69) is 86.4 Å². The van der Waals surface area contributed by atoms with E-state index in [0.717, 1.165) is 4.90 Å². The molecule has 130 heavy (non-hydrogen) atoms. The molecule has 2 heterocycles. The van der Waals surface area contributed by atoms with Crippen molar-refractivity contribution in [3.05, 3.63) is 65.7 Å². The lowest BCUT2D eigenvalue weighted by molar-refractivity contribution is -0.192. The summed E-state index contributed by atoms with van der Waals surface area (Å²) in [5, 5.41) is 90.2. The van der Waals surface area contributed by atoms with Crippen LogP contribution in [0.3, 0.4) is 0 Å². The van der Waals surface area contributed by atoms with Crippen molar-refractivity contribution in [2.24, 2.45) is 61.8 Å². The Morgan fingerprint density at radius 3 is 1.24 bits per heavy atom. The lowest BCUT2D eigenvalue weighted by atomic mass is 10.0. The number of alkyl halides is 3. The largest absolute Gasteiger partial charge is 0.508 e. The first-order valence-corrected chi connectivity index (χ1v) is 43.0. The highest BCUT2D eigenvalue weighted by atomic mass is 32.1. The van der Waals surface area contributed by atoms with Gasteiger partial charge in [-0.15, -0.1) is 0 Å². The summed E-state index contributed by atoms with van der Waals surface area (Å²) in [5.41, 5.74) is 45.9. The number of amides is 15. The topological polar surface area (TPSA) is 778 Å². The summed E-state index contributed by atoms with van der Waals surface area (Å²) in [6.45, 7) is 5.29. The van der Waals surface area contributed by atoms with Crippen LogP contribution in [0.25, 0.3) is 0 Å². The Kier molecular flexibility index (Phi) is 49.5. The number of likely N-dealkylation sites (tertiary alicyclic amines) is 2. The number of hydrogen-bond acceptors (Lipinski definition) is 27. The summed E-state index contributed by atoms with van der Waals surface area (Å²) in [7, 11) is 0. The van der Waals surface area contributed by atoms with Gasteiger partial charge < -0.3 is 150 Å². The highest BCUT2D eigenvalue weighted by Crippen LogP contribution is 2.25. The number of aromatic hydroxyl groups is 1. The number of nitrogens with one attached hydrogen (secondary N) is 12. The van der Waals surface area contributed by atoms with Crippen LogP contribution in [0.2, 0.25) is 0 Å². The number of primary amides is 1. The number of nitrogens with two attached hydrogens (primary N) is 8. The molecule has 2 aliphatic rings. The summed E-state index contributed by atoms with van der Waals surface area (Å²) >= 11 is 4.06. The molecule has 0 spiro atoms. The summed E-state index contributed by atoms with van der Waals surface area (Å²) < 4.78 is 31.7. The lowest BCUT2D eigenvalue weighted by Crippen LogP contribution is -2.62. The van der Waals surface area contributed by atoms with E-state index in [0.29, 0.717) is 30.4 Å². The molecule has 2 aromatic rings. The number of phenols is 1. The fourth-order valence-electron chi connectivity index (χ4n) is 13.5. The summed E-state index contributed by atoms with van der Waals surface area (Å²) in [5.74, 6) is -17.8. The molecule has 34 N–H and O–H groups in total. The molecule has 4 rings (SSSR count). The van der Waals surface area contributed by atoms with Crippen molar-refractivity contribution in [2.45, 2.75) is 253 Å². The fraction of sp³-hybridized carbons (Fsp3) is 0.625. The molecule has 0 aromatic heterocycles. The molecule has 0 bridgehead atoms. The molecule has 2 aromatic carbocycles. The molecule has 2 fully saturated rings. The van der Waals surface area contributed by atoms with E-state index in [1.54, 1.807) is 44.2 Å². The quantitative estimate of drug-likeness (QED) is 0.0127. The minimum Gasteiger partial charge on any atom is -0.508 e. The van der Waals surface area contributed by atoms with Gasteiger partial charge in [0.15, 0.2) is 11.9 Å². The van der Waals surface area contributed by atoms with Crippen molar-refractivity contribution in [2.75, 3.05) is 58.2 Å². The minimum absolute atomic E-state index is 0.000239. The molecule has 0 saturated carbocycles. The van der Waals surface area contributed by atoms with E-state index in [1.807, 2.05) is 0 Å². The van der Waals surface area contributed by atoms with Gasteiger partial charge in [0.1, 0.15) is 90.3 Å². The van der Waals surface area contributed by atoms with E-state index in [1.165, 1.54) is 49.9 Å². The Morgan fingerprint density at radius 1 is 0.462 bits per heavy atom. The van der Waals surface area contributed by atoms with E-state index >= 15 is 4.79 Å². The first-order chi connectivity index (χ1) is 61.2. The molecular weight excluding hydrogens is 1740 g/mol. The molecule has 50 heteroatoms. The third-order valence-corrected chi connectivity index (χ3v) is 20.9. The minimum atomic E-state index is -5.08. The van der Waals surface area contributed by atoms with Gasteiger partial charge >= 0.3 is 12.1 Å². The van der Waals surface area contributed by atoms with Gasteiger partial charge in [-0.3, -0.25) is 81.9 Å². The van der Waals surface area contributed by atoms with Crippen molar-refractivity contribution >= 4 is 119 Å². The average molecular weight is 1870 g/mol. The Hall–Kier alpha value is -11.8. The Balaban J connectivity index is 0.00000596. The predicted molar refractivity (Wildman–Crippen MR) is 468 cm³/mol. The second-order valence-electron chi connectivity index (χ2n) is 31.6.